The van der Waals surface area contributed by atoms with Crippen LogP contribution in [0.25, 0.3) is 0 Å². The van der Waals surface area contributed by atoms with Gasteiger partial charge >= 0.3 is 0 Å². The van der Waals surface area contributed by atoms with Gasteiger partial charge in [-0.3, -0.25) is 9.69 Å². The van der Waals surface area contributed by atoms with E-state index in [9.17, 15) is 4.79 Å². The molecular weight excluding hydrogens is 370 g/mol. The quantitative estimate of drug-likeness (QED) is 0.791. The maximum absolute atomic E-state index is 12.5. The van der Waals surface area contributed by atoms with Gasteiger partial charge in [0.05, 0.1) is 0 Å². The summed E-state index contributed by atoms with van der Waals surface area (Å²) in [5.74, 6) is -0.114. The average Bonchev–Trinajstić information content (AvgIpc) is 3.32. The highest BCUT2D eigenvalue weighted by Gasteiger charge is 2.32. The first-order valence-corrected chi connectivity index (χ1v) is 10.6. The molecule has 0 saturated carbocycles. The fraction of sp³-hybridized carbons (Fsp3) is 0.435. The first kappa shape index (κ1) is 19.3. The van der Waals surface area contributed by atoms with E-state index >= 15 is 0 Å². The highest BCUT2D eigenvalue weighted by Crippen LogP contribution is 2.30. The molecule has 2 aliphatic rings. The molecule has 5 heteroatoms. The summed E-state index contributed by atoms with van der Waals surface area (Å²) in [6.45, 7) is 7.85. The topological polar surface area (TPSA) is 35.6 Å². The Morgan fingerprint density at radius 1 is 1.11 bits per heavy atom. The number of carbonyl (C=O) groups is 1. The Kier molecular flexibility index (Phi) is 5.61. The maximum Gasteiger partial charge on any atom is 0.255 e. The largest absolute Gasteiger partial charge is 0.370 e. The third-order valence-corrected chi connectivity index (χ3v) is 6.42. The number of nitrogens with zero attached hydrogens (tertiary/aromatic N) is 2. The van der Waals surface area contributed by atoms with Gasteiger partial charge in [0.1, 0.15) is 0 Å². The van der Waals surface area contributed by atoms with E-state index in [1.807, 2.05) is 6.07 Å². The van der Waals surface area contributed by atoms with E-state index in [0.29, 0.717) is 16.6 Å². The molecule has 2 aromatic carbocycles. The van der Waals surface area contributed by atoms with E-state index in [1.54, 1.807) is 24.3 Å². The lowest BCUT2D eigenvalue weighted by atomic mass is 10.1. The first-order chi connectivity index (χ1) is 13.5. The van der Waals surface area contributed by atoms with E-state index in [1.165, 1.54) is 31.5 Å². The molecule has 0 spiro atoms. The molecule has 0 aromatic heterocycles. The summed E-state index contributed by atoms with van der Waals surface area (Å²) in [6.07, 6.45) is 3.90. The van der Waals surface area contributed by atoms with Crippen LogP contribution in [0.5, 0.6) is 0 Å². The normalized spacial score (nSPS) is 22.6. The molecule has 4 rings (SSSR count). The second kappa shape index (κ2) is 8.14. The number of carbonyl (C=O) groups excluding carboxylic acids is 1. The van der Waals surface area contributed by atoms with Crippen LogP contribution in [0.15, 0.2) is 42.5 Å². The molecule has 2 atom stereocenters. The Morgan fingerprint density at radius 2 is 1.89 bits per heavy atom. The van der Waals surface area contributed by atoms with Crippen LogP contribution in [0.2, 0.25) is 5.02 Å². The minimum absolute atomic E-state index is 0.114. The smallest absolute Gasteiger partial charge is 0.255 e. The van der Waals surface area contributed by atoms with E-state index in [2.05, 4.69) is 41.1 Å². The number of benzene rings is 2. The first-order valence-electron chi connectivity index (χ1n) is 10.2. The SMILES string of the molecule is Cc1cc(N2CCC(N3CCCC3C)C2)ccc1NC(=O)c1ccc(Cl)cc1. The second-order valence-corrected chi connectivity index (χ2v) is 8.51. The molecule has 0 bridgehead atoms. The van der Waals surface area contributed by atoms with E-state index in [0.717, 1.165) is 30.4 Å². The van der Waals surface area contributed by atoms with Gasteiger partial charge in [0.15, 0.2) is 0 Å². The van der Waals surface area contributed by atoms with Crippen LogP contribution in [0.3, 0.4) is 0 Å². The van der Waals surface area contributed by atoms with Crippen molar-refractivity contribution in [3.8, 4) is 0 Å². The number of hydrogen-bond donors (Lipinski definition) is 1. The van der Waals surface area contributed by atoms with Crippen molar-refractivity contribution in [2.75, 3.05) is 29.9 Å². The van der Waals surface area contributed by atoms with E-state index in [-0.39, 0.29) is 5.91 Å². The minimum Gasteiger partial charge on any atom is -0.370 e. The zero-order chi connectivity index (χ0) is 19.7. The number of hydrogen-bond acceptors (Lipinski definition) is 3. The molecule has 2 fully saturated rings. The van der Waals surface area contributed by atoms with Crippen molar-refractivity contribution in [3.63, 3.8) is 0 Å². The zero-order valence-corrected chi connectivity index (χ0v) is 17.4. The van der Waals surface area contributed by atoms with Crippen molar-refractivity contribution in [2.45, 2.75) is 45.2 Å². The molecule has 2 unspecified atom stereocenters. The fourth-order valence-electron chi connectivity index (χ4n) is 4.53. The summed E-state index contributed by atoms with van der Waals surface area (Å²) in [7, 11) is 0. The summed E-state index contributed by atoms with van der Waals surface area (Å²) in [5.41, 5.74) is 3.79. The van der Waals surface area contributed by atoms with Crippen molar-refractivity contribution in [1.29, 1.82) is 0 Å². The Morgan fingerprint density at radius 3 is 2.57 bits per heavy atom. The Labute approximate surface area is 172 Å². The van der Waals surface area contributed by atoms with Crippen LogP contribution in [0.1, 0.15) is 42.1 Å². The molecule has 148 valence electrons. The van der Waals surface area contributed by atoms with Crippen LogP contribution in [-0.4, -0.2) is 42.5 Å². The lowest BCUT2D eigenvalue weighted by Gasteiger charge is -2.28. The molecule has 2 aliphatic heterocycles. The Hall–Kier alpha value is -2.04. The summed E-state index contributed by atoms with van der Waals surface area (Å²) in [5, 5.41) is 3.64. The fourth-order valence-corrected chi connectivity index (χ4v) is 4.65. The molecule has 28 heavy (non-hydrogen) atoms. The molecule has 2 saturated heterocycles. The lowest BCUT2D eigenvalue weighted by molar-refractivity contribution is 0.102. The predicted octanol–water partition coefficient (Wildman–Crippen LogP) is 4.96. The van der Waals surface area contributed by atoms with Crippen molar-refractivity contribution in [3.05, 3.63) is 58.6 Å². The summed E-state index contributed by atoms with van der Waals surface area (Å²) >= 11 is 5.90. The van der Waals surface area contributed by atoms with Gasteiger partial charge in [-0.15, -0.1) is 0 Å². The number of amides is 1. The van der Waals surface area contributed by atoms with Gasteiger partial charge in [0, 0.05) is 47.1 Å². The standard InChI is InChI=1S/C23H28ClN3O/c1-16-14-20(26-13-11-21(15-26)27-12-3-4-17(27)2)9-10-22(16)25-23(28)18-5-7-19(24)8-6-18/h5-10,14,17,21H,3-4,11-13,15H2,1-2H3,(H,25,28). The monoisotopic (exact) mass is 397 g/mol. The summed E-state index contributed by atoms with van der Waals surface area (Å²) in [4.78, 5) is 17.6. The van der Waals surface area contributed by atoms with Crippen LogP contribution in [0, 0.1) is 6.92 Å². The van der Waals surface area contributed by atoms with Gasteiger partial charge < -0.3 is 10.2 Å². The second-order valence-electron chi connectivity index (χ2n) is 8.08. The van der Waals surface area contributed by atoms with Gasteiger partial charge in [-0.25, -0.2) is 0 Å². The molecule has 4 nitrogen and oxygen atoms in total. The highest BCUT2D eigenvalue weighted by molar-refractivity contribution is 6.30. The van der Waals surface area contributed by atoms with Crippen molar-refractivity contribution in [1.82, 2.24) is 4.90 Å². The zero-order valence-electron chi connectivity index (χ0n) is 16.6. The molecule has 0 radical (unpaired) electrons. The molecule has 0 aliphatic carbocycles. The van der Waals surface area contributed by atoms with Crippen LogP contribution in [0.4, 0.5) is 11.4 Å². The van der Waals surface area contributed by atoms with Crippen molar-refractivity contribution in [2.24, 2.45) is 0 Å². The van der Waals surface area contributed by atoms with E-state index in [4.69, 9.17) is 11.6 Å². The maximum atomic E-state index is 12.5. The highest BCUT2D eigenvalue weighted by atomic mass is 35.5. The average molecular weight is 398 g/mol. The Balaban J connectivity index is 1.42. The van der Waals surface area contributed by atoms with Gasteiger partial charge in [-0.2, -0.15) is 0 Å². The summed E-state index contributed by atoms with van der Waals surface area (Å²) < 4.78 is 0. The third-order valence-electron chi connectivity index (χ3n) is 6.17. The molecule has 2 heterocycles. The van der Waals surface area contributed by atoms with Gasteiger partial charge in [0.2, 0.25) is 0 Å². The molecular formula is C23H28ClN3O. The predicted molar refractivity (Wildman–Crippen MR) is 117 cm³/mol. The summed E-state index contributed by atoms with van der Waals surface area (Å²) in [6, 6.07) is 14.7. The van der Waals surface area contributed by atoms with Crippen LogP contribution < -0.4 is 10.2 Å². The van der Waals surface area contributed by atoms with Crippen molar-refractivity contribution < 1.29 is 4.79 Å². The molecule has 2 aromatic rings. The number of nitrogens with one attached hydrogen (secondary N) is 1. The third kappa shape index (κ3) is 4.03. The number of halogens is 1. The van der Waals surface area contributed by atoms with Crippen LogP contribution in [-0.2, 0) is 0 Å². The number of likely N-dealkylation sites (tertiary alicyclic amines) is 1. The van der Waals surface area contributed by atoms with E-state index < -0.39 is 0 Å². The molecule has 1 N–H and O–H groups in total. The molecule has 1 amide bonds. The van der Waals surface area contributed by atoms with Gasteiger partial charge in [-0.05, 0) is 87.7 Å². The number of rotatable bonds is 4. The minimum atomic E-state index is -0.114. The number of aryl methyl sites for hydroxylation is 1. The number of anilines is 2. The lowest BCUT2D eigenvalue weighted by Crippen LogP contribution is -2.39. The Bertz CT molecular complexity index is 851. The van der Waals surface area contributed by atoms with Gasteiger partial charge in [0.25, 0.3) is 5.91 Å². The van der Waals surface area contributed by atoms with Crippen LogP contribution >= 0.6 is 11.6 Å². The van der Waals surface area contributed by atoms with Crippen molar-refractivity contribution >= 4 is 28.9 Å². The van der Waals surface area contributed by atoms with Gasteiger partial charge in [-0.1, -0.05) is 11.6 Å².